The first-order valence-electron chi connectivity index (χ1n) is 31.0. The SMILES string of the molecule is CC(C)CCCCCCCCC[C@@H]1CC(=O)N[C@H]([C@@H](C)O)C(=O)N2CCC[C@@H]2C(=O)N2CCCC2C(=O)N[C@@H](CCCNc2nc(Cn3ccnc3)cc(=O)[nH]2)C(=O)N[C@H]([C@@H](O)C(=O)O)C(=O)N[C@H](CO)C(=O)N2CC[C@H](O)[C@H]2C(=O)N[C@@H]([C@H](O)C(=O)O)C(=O)O1. The maximum atomic E-state index is 14.7. The number of amides is 8. The molecule has 2 aromatic heterocycles. The van der Waals surface area contributed by atoms with Crippen LogP contribution in [0.25, 0.3) is 0 Å². The molecule has 33 nitrogen and oxygen atoms in total. The van der Waals surface area contributed by atoms with Gasteiger partial charge in [-0.2, -0.15) is 0 Å². The van der Waals surface area contributed by atoms with Gasteiger partial charge in [-0.1, -0.05) is 58.8 Å². The van der Waals surface area contributed by atoms with Crippen molar-refractivity contribution in [3.05, 3.63) is 40.8 Å². The van der Waals surface area contributed by atoms with Crippen molar-refractivity contribution in [3.63, 3.8) is 0 Å². The predicted molar refractivity (Wildman–Crippen MR) is 316 cm³/mol. The normalized spacial score (nSPS) is 26.4. The molecule has 13 atom stereocenters. The Kier molecular flexibility index (Phi) is 27.1. The molecule has 8 amide bonds. The van der Waals surface area contributed by atoms with Gasteiger partial charge in [-0.05, 0) is 70.6 Å². The van der Waals surface area contributed by atoms with Gasteiger partial charge in [0, 0.05) is 44.6 Å². The first-order valence-corrected chi connectivity index (χ1v) is 31.0. The minimum absolute atomic E-state index is 0.0146. The molecule has 14 N–H and O–H groups in total. The minimum Gasteiger partial charge on any atom is -0.479 e. The highest BCUT2D eigenvalue weighted by Crippen LogP contribution is 2.27. The van der Waals surface area contributed by atoms with Crippen molar-refractivity contribution in [3.8, 4) is 0 Å². The molecule has 0 saturated carbocycles. The Hall–Kier alpha value is -8.14. The molecule has 4 aliphatic rings. The highest BCUT2D eigenvalue weighted by Gasteiger charge is 2.49. The van der Waals surface area contributed by atoms with Gasteiger partial charge in [0.05, 0.1) is 43.8 Å². The van der Waals surface area contributed by atoms with Crippen LogP contribution in [0.4, 0.5) is 5.95 Å². The summed E-state index contributed by atoms with van der Waals surface area (Å²) in [7, 11) is 0. The molecule has 0 radical (unpaired) electrons. The van der Waals surface area contributed by atoms with E-state index >= 15 is 0 Å². The number of fused-ring (bicyclic) bond motifs is 3. The number of esters is 1. The summed E-state index contributed by atoms with van der Waals surface area (Å²) in [5.41, 5.74) is -0.178. The summed E-state index contributed by atoms with van der Waals surface area (Å²) in [5.74, 6) is -14.3. The molecule has 33 heteroatoms. The van der Waals surface area contributed by atoms with Gasteiger partial charge in [-0.3, -0.25) is 48.1 Å². The lowest BCUT2D eigenvalue weighted by Gasteiger charge is -2.34. The lowest BCUT2D eigenvalue weighted by Crippen LogP contribution is -2.64. The lowest BCUT2D eigenvalue weighted by atomic mass is 10.0. The van der Waals surface area contributed by atoms with E-state index < -0.39 is 169 Å². The number of hydrogen-bond acceptors (Lipinski definition) is 21. The Morgan fingerprint density at radius 3 is 1.93 bits per heavy atom. The maximum absolute atomic E-state index is 14.7. The molecule has 4 fully saturated rings. The number of hydrogen-bond donors (Lipinski definition) is 14. The highest BCUT2D eigenvalue weighted by atomic mass is 16.5. The number of aliphatic hydroxyl groups excluding tert-OH is 5. The second-order valence-corrected chi connectivity index (χ2v) is 23.9. The number of carbonyl (C=O) groups excluding carboxylic acids is 9. The molecule has 4 aliphatic heterocycles. The number of H-pyrrole nitrogens is 1. The van der Waals surface area contributed by atoms with Crippen molar-refractivity contribution in [1.82, 2.24) is 60.8 Å². The van der Waals surface area contributed by atoms with Gasteiger partial charge in [0.15, 0.2) is 18.2 Å². The van der Waals surface area contributed by atoms with E-state index in [4.69, 9.17) is 4.74 Å². The molecule has 0 aliphatic carbocycles. The van der Waals surface area contributed by atoms with Crippen molar-refractivity contribution in [2.75, 3.05) is 38.1 Å². The summed E-state index contributed by atoms with van der Waals surface area (Å²) >= 11 is 0. The Morgan fingerprint density at radius 2 is 1.30 bits per heavy atom. The van der Waals surface area contributed by atoms with Gasteiger partial charge in [0.1, 0.15) is 48.4 Å². The number of aliphatic carboxylic acids is 2. The molecule has 6 heterocycles. The molecule has 0 spiro atoms. The average Bonchev–Trinajstić information content (AvgIpc) is 1.75. The Bertz CT molecular complexity index is 2930. The van der Waals surface area contributed by atoms with Crippen LogP contribution in [0.3, 0.4) is 0 Å². The van der Waals surface area contributed by atoms with E-state index in [9.17, 15) is 93.3 Å². The standard InChI is InChI=1S/C58H87N13O20/c1-31(2)14-9-7-5-4-6-8-10-15-34-27-41(76)64-42(32(3)73)54(85)70-23-13-18-38(70)53(84)69-22-12-17-37(69)49(80)62-35(16-11-20-60-58-61-33(26-40(75)65-58)28-68-25-21-59-30-68)48(79)66-43(46(77)55(86)87)50(81)63-36(29-72)52(83)71-24-19-39(74)45(71)51(82)67-44(57(90)91-34)47(78)56(88)89/h21,25-26,30-32,34-39,42-47,72-74,77-78H,4-20,22-24,27-29H2,1-3H3,(H,62,80)(H,63,81)(H,64,76)(H,66,79)(H,67,82)(H,86,87)(H,88,89)(H2,60,61,65,75)/t32-,34-,35+,36-,37?,38-,39+,42-,43-,44+,45+,46-,47+/m1/s1. The number of carboxylic acid groups (broad SMARTS) is 2. The van der Waals surface area contributed by atoms with Crippen LogP contribution in [0, 0.1) is 5.92 Å². The Morgan fingerprint density at radius 1 is 0.670 bits per heavy atom. The quantitative estimate of drug-likeness (QED) is 0.0376. The third-order valence-corrected chi connectivity index (χ3v) is 16.5. The number of carboxylic acids is 2. The maximum Gasteiger partial charge on any atom is 0.335 e. The predicted octanol–water partition coefficient (Wildman–Crippen LogP) is -3.68. The van der Waals surface area contributed by atoms with Crippen LogP contribution < -0.4 is 37.5 Å². The summed E-state index contributed by atoms with van der Waals surface area (Å²) in [4.78, 5) is 180. The molecule has 91 heavy (non-hydrogen) atoms. The molecule has 2 aromatic rings. The number of nitrogens with zero attached hydrogens (tertiary/aromatic N) is 6. The second-order valence-electron chi connectivity index (χ2n) is 23.9. The molecule has 0 aromatic carbocycles. The summed E-state index contributed by atoms with van der Waals surface area (Å²) in [6.45, 7) is 3.74. The number of imidazole rings is 1. The van der Waals surface area contributed by atoms with E-state index in [1.165, 1.54) is 30.4 Å². The average molecular weight is 1290 g/mol. The Labute approximate surface area is 523 Å². The number of cyclic esters (lactones) is 1. The number of aliphatic hydroxyl groups is 5. The van der Waals surface area contributed by atoms with Crippen molar-refractivity contribution in [1.29, 1.82) is 0 Å². The largest absolute Gasteiger partial charge is 0.479 e. The molecule has 4 saturated heterocycles. The van der Waals surface area contributed by atoms with Crippen LogP contribution in [-0.4, -0.2) is 247 Å². The number of aromatic nitrogens is 4. The number of carbonyl (C=O) groups is 11. The summed E-state index contributed by atoms with van der Waals surface area (Å²) < 4.78 is 7.34. The number of anilines is 1. The molecular formula is C58H87N13O20. The summed E-state index contributed by atoms with van der Waals surface area (Å²) in [6.07, 6.45) is 0.0455. The fraction of sp³-hybridized carbons (Fsp3) is 0.690. The van der Waals surface area contributed by atoms with Crippen LogP contribution >= 0.6 is 0 Å². The minimum atomic E-state index is -2.80. The van der Waals surface area contributed by atoms with Crippen LogP contribution in [0.2, 0.25) is 0 Å². The van der Waals surface area contributed by atoms with E-state index in [1.54, 1.807) is 10.8 Å². The number of nitrogens with one attached hydrogen (secondary N) is 7. The number of ether oxygens (including phenoxy) is 1. The molecule has 504 valence electrons. The van der Waals surface area contributed by atoms with Gasteiger partial charge < -0.3 is 91.7 Å². The lowest BCUT2D eigenvalue weighted by molar-refractivity contribution is -0.165. The molecule has 0 bridgehead atoms. The fourth-order valence-electron chi connectivity index (χ4n) is 11.6. The molecule has 1 unspecified atom stereocenters. The zero-order valence-electron chi connectivity index (χ0n) is 51.3. The number of rotatable bonds is 23. The van der Waals surface area contributed by atoms with Gasteiger partial charge >= 0.3 is 17.9 Å². The van der Waals surface area contributed by atoms with Crippen molar-refractivity contribution < 1.29 is 93.2 Å². The topological polar surface area (TPSA) is 484 Å². The third-order valence-electron chi connectivity index (χ3n) is 16.5. The van der Waals surface area contributed by atoms with E-state index in [-0.39, 0.29) is 83.5 Å². The number of unbranched alkanes of at least 4 members (excludes halogenated alkanes) is 6. The Balaban J connectivity index is 1.33. The van der Waals surface area contributed by atoms with E-state index in [0.29, 0.717) is 29.4 Å². The van der Waals surface area contributed by atoms with Crippen LogP contribution in [-0.2, 0) is 64.0 Å². The summed E-state index contributed by atoms with van der Waals surface area (Å²) in [5, 5.41) is 88.7. The van der Waals surface area contributed by atoms with Crippen molar-refractivity contribution in [2.45, 2.75) is 215 Å². The van der Waals surface area contributed by atoms with E-state index in [0.717, 1.165) is 43.4 Å². The highest BCUT2D eigenvalue weighted by molar-refractivity contribution is 6.00. The summed E-state index contributed by atoms with van der Waals surface area (Å²) in [6, 6.07) is -13.9. The van der Waals surface area contributed by atoms with Crippen LogP contribution in [0.1, 0.15) is 136 Å². The zero-order chi connectivity index (χ0) is 66.6. The fourth-order valence-corrected chi connectivity index (χ4v) is 11.6. The smallest absolute Gasteiger partial charge is 0.335 e. The van der Waals surface area contributed by atoms with Gasteiger partial charge in [-0.25, -0.2) is 24.4 Å². The van der Waals surface area contributed by atoms with Crippen LogP contribution in [0.5, 0.6) is 0 Å². The van der Waals surface area contributed by atoms with Gasteiger partial charge in [0.25, 0.3) is 5.56 Å². The second kappa shape index (κ2) is 34.3. The monoisotopic (exact) mass is 1290 g/mol. The number of aromatic amines is 1. The van der Waals surface area contributed by atoms with E-state index in [1.807, 2.05) is 10.6 Å². The molecule has 6 rings (SSSR count). The van der Waals surface area contributed by atoms with Gasteiger partial charge in [0.2, 0.25) is 53.2 Å². The first kappa shape index (κ1) is 71.9. The van der Waals surface area contributed by atoms with Crippen molar-refractivity contribution in [2.24, 2.45) is 5.92 Å². The van der Waals surface area contributed by atoms with E-state index in [2.05, 4.69) is 50.1 Å². The van der Waals surface area contributed by atoms with Crippen molar-refractivity contribution >= 4 is 71.1 Å². The third kappa shape index (κ3) is 20.2. The zero-order valence-corrected chi connectivity index (χ0v) is 51.3. The molecular weight excluding hydrogens is 1200 g/mol. The van der Waals surface area contributed by atoms with Gasteiger partial charge in [-0.15, -0.1) is 0 Å². The first-order chi connectivity index (χ1) is 43.3. The van der Waals surface area contributed by atoms with Crippen LogP contribution in [0.15, 0.2) is 29.6 Å².